The number of aryl methyl sites for hydroxylation is 2. The summed E-state index contributed by atoms with van der Waals surface area (Å²) < 4.78 is 14.0. The molecule has 4 rings (SSSR count). The van der Waals surface area contributed by atoms with Crippen molar-refractivity contribution < 1.29 is 9.47 Å². The fourth-order valence-corrected chi connectivity index (χ4v) is 4.07. The number of ether oxygens (including phenoxy) is 2. The maximum absolute atomic E-state index is 6.22. The minimum Gasteiger partial charge on any atom is -0.496 e. The first-order valence-corrected chi connectivity index (χ1v) is 11.6. The number of hydrogen-bond acceptors (Lipinski definition) is 3. The molecule has 0 aliphatic carbocycles. The number of methoxy groups -OCH3 is 1. The Hall–Kier alpha value is -3.53. The second-order valence-electron chi connectivity index (χ2n) is 8.58. The van der Waals surface area contributed by atoms with Gasteiger partial charge in [-0.1, -0.05) is 56.3 Å². The molecule has 1 aromatic heterocycles. The quantitative estimate of drug-likeness (QED) is 0.260. The first kappa shape index (κ1) is 22.7. The third-order valence-corrected chi connectivity index (χ3v) is 5.81. The predicted molar refractivity (Wildman–Crippen MR) is 137 cm³/mol. The number of hydrogen-bond donors (Lipinski definition) is 0. The first-order chi connectivity index (χ1) is 16.1. The Labute approximate surface area is 196 Å². The Morgan fingerprint density at radius 3 is 2.55 bits per heavy atom. The summed E-state index contributed by atoms with van der Waals surface area (Å²) in [6, 6.07) is 22.8. The van der Waals surface area contributed by atoms with Gasteiger partial charge in [0.1, 0.15) is 17.3 Å². The summed E-state index contributed by atoms with van der Waals surface area (Å²) in [5, 5.41) is 0. The lowest BCUT2D eigenvalue weighted by Crippen LogP contribution is -2.07. The number of benzene rings is 3. The minimum atomic E-state index is 0.435. The SMILES string of the molecule is COc1ccccc1/C=C/c1nc2ccccc2n1CCCOc1cc(C)ccc1C(C)C. The van der Waals surface area contributed by atoms with Crippen LogP contribution in [0.1, 0.15) is 48.7 Å². The molecule has 3 aromatic carbocycles. The molecule has 0 spiro atoms. The highest BCUT2D eigenvalue weighted by molar-refractivity contribution is 5.80. The standard InChI is InChI=1S/C29H32N2O2/c1-21(2)24-16-14-22(3)20-28(24)33-19-9-18-31-26-12-7-6-11-25(26)30-29(31)17-15-23-10-5-8-13-27(23)32-4/h5-8,10-17,20-21H,9,18-19H2,1-4H3/b17-15+. The molecule has 33 heavy (non-hydrogen) atoms. The normalized spacial score (nSPS) is 11.5. The van der Waals surface area contributed by atoms with Crippen molar-refractivity contribution in [1.29, 1.82) is 0 Å². The van der Waals surface area contributed by atoms with Gasteiger partial charge in [-0.25, -0.2) is 4.98 Å². The first-order valence-electron chi connectivity index (χ1n) is 11.6. The molecule has 0 atom stereocenters. The van der Waals surface area contributed by atoms with Crippen LogP contribution in [0.25, 0.3) is 23.2 Å². The molecule has 0 saturated carbocycles. The molecule has 0 bridgehead atoms. The number of nitrogens with zero attached hydrogens (tertiary/aromatic N) is 2. The minimum absolute atomic E-state index is 0.435. The number of para-hydroxylation sites is 3. The van der Waals surface area contributed by atoms with Gasteiger partial charge in [-0.3, -0.25) is 0 Å². The van der Waals surface area contributed by atoms with E-state index in [0.717, 1.165) is 46.9 Å². The van der Waals surface area contributed by atoms with Gasteiger partial charge >= 0.3 is 0 Å². The van der Waals surface area contributed by atoms with Crippen LogP contribution in [0.2, 0.25) is 0 Å². The second kappa shape index (κ2) is 10.4. The van der Waals surface area contributed by atoms with Gasteiger partial charge in [-0.05, 0) is 66.8 Å². The zero-order chi connectivity index (χ0) is 23.2. The summed E-state index contributed by atoms with van der Waals surface area (Å²) in [6.07, 6.45) is 5.02. The van der Waals surface area contributed by atoms with E-state index in [1.807, 2.05) is 30.3 Å². The van der Waals surface area contributed by atoms with Crippen LogP contribution in [0, 0.1) is 6.92 Å². The molecule has 0 amide bonds. The van der Waals surface area contributed by atoms with Crippen molar-refractivity contribution in [3.8, 4) is 11.5 Å². The lowest BCUT2D eigenvalue weighted by atomic mass is 10.0. The molecule has 0 radical (unpaired) electrons. The number of rotatable bonds is 9. The molecule has 170 valence electrons. The van der Waals surface area contributed by atoms with E-state index in [0.29, 0.717) is 12.5 Å². The molecule has 0 aliphatic rings. The van der Waals surface area contributed by atoms with Crippen molar-refractivity contribution >= 4 is 23.2 Å². The van der Waals surface area contributed by atoms with Gasteiger partial charge in [0.15, 0.2) is 0 Å². The molecule has 0 aliphatic heterocycles. The van der Waals surface area contributed by atoms with Gasteiger partial charge in [0.2, 0.25) is 0 Å². The molecule has 0 unspecified atom stereocenters. The number of imidazole rings is 1. The summed E-state index contributed by atoms with van der Waals surface area (Å²) in [4.78, 5) is 4.86. The average Bonchev–Trinajstić information content (AvgIpc) is 3.18. The van der Waals surface area contributed by atoms with Crippen molar-refractivity contribution in [2.24, 2.45) is 0 Å². The lowest BCUT2D eigenvalue weighted by molar-refractivity contribution is 0.298. The molecule has 4 heteroatoms. The monoisotopic (exact) mass is 440 g/mol. The summed E-state index contributed by atoms with van der Waals surface area (Å²) in [7, 11) is 1.70. The van der Waals surface area contributed by atoms with Gasteiger partial charge < -0.3 is 14.0 Å². The summed E-state index contributed by atoms with van der Waals surface area (Å²) in [6.45, 7) is 8.00. The summed E-state index contributed by atoms with van der Waals surface area (Å²) >= 11 is 0. The van der Waals surface area contributed by atoms with E-state index in [-0.39, 0.29) is 0 Å². The molecule has 0 saturated heterocycles. The van der Waals surface area contributed by atoms with E-state index in [2.05, 4.69) is 73.9 Å². The van der Waals surface area contributed by atoms with E-state index in [1.165, 1.54) is 11.1 Å². The van der Waals surface area contributed by atoms with E-state index >= 15 is 0 Å². The van der Waals surface area contributed by atoms with E-state index < -0.39 is 0 Å². The third kappa shape index (κ3) is 5.28. The number of fused-ring (bicyclic) bond motifs is 1. The topological polar surface area (TPSA) is 36.3 Å². The largest absolute Gasteiger partial charge is 0.496 e. The molecule has 4 aromatic rings. The van der Waals surface area contributed by atoms with E-state index in [9.17, 15) is 0 Å². The van der Waals surface area contributed by atoms with Gasteiger partial charge in [-0.2, -0.15) is 0 Å². The van der Waals surface area contributed by atoms with Crippen LogP contribution in [0.15, 0.2) is 66.7 Å². The van der Waals surface area contributed by atoms with Crippen molar-refractivity contribution in [2.45, 2.75) is 39.7 Å². The Balaban J connectivity index is 1.52. The predicted octanol–water partition coefficient (Wildman–Crippen LogP) is 7.12. The highest BCUT2D eigenvalue weighted by Crippen LogP contribution is 2.28. The summed E-state index contributed by atoms with van der Waals surface area (Å²) in [5.74, 6) is 3.21. The van der Waals surface area contributed by atoms with Gasteiger partial charge in [0.25, 0.3) is 0 Å². The molecule has 0 N–H and O–H groups in total. The Morgan fingerprint density at radius 1 is 0.939 bits per heavy atom. The van der Waals surface area contributed by atoms with Crippen LogP contribution in [-0.4, -0.2) is 23.3 Å². The van der Waals surface area contributed by atoms with Crippen LogP contribution in [0.5, 0.6) is 11.5 Å². The van der Waals surface area contributed by atoms with Gasteiger partial charge in [-0.15, -0.1) is 0 Å². The Morgan fingerprint density at radius 2 is 1.73 bits per heavy atom. The van der Waals surface area contributed by atoms with Gasteiger partial charge in [0, 0.05) is 12.1 Å². The van der Waals surface area contributed by atoms with Crippen LogP contribution >= 0.6 is 0 Å². The molecular formula is C29H32N2O2. The van der Waals surface area contributed by atoms with Crippen molar-refractivity contribution in [3.05, 3.63) is 89.2 Å². The highest BCUT2D eigenvalue weighted by atomic mass is 16.5. The van der Waals surface area contributed by atoms with Crippen LogP contribution in [0.3, 0.4) is 0 Å². The van der Waals surface area contributed by atoms with Crippen molar-refractivity contribution in [2.75, 3.05) is 13.7 Å². The molecule has 4 nitrogen and oxygen atoms in total. The molecule has 0 fully saturated rings. The van der Waals surface area contributed by atoms with E-state index in [4.69, 9.17) is 14.5 Å². The van der Waals surface area contributed by atoms with Crippen LogP contribution in [-0.2, 0) is 6.54 Å². The Bertz CT molecular complexity index is 1250. The van der Waals surface area contributed by atoms with Crippen molar-refractivity contribution in [1.82, 2.24) is 9.55 Å². The summed E-state index contributed by atoms with van der Waals surface area (Å²) in [5.41, 5.74) is 5.64. The maximum Gasteiger partial charge on any atom is 0.133 e. The fraction of sp³-hybridized carbons (Fsp3) is 0.276. The Kier molecular flexibility index (Phi) is 7.13. The lowest BCUT2D eigenvalue weighted by Gasteiger charge is -2.15. The highest BCUT2D eigenvalue weighted by Gasteiger charge is 2.10. The number of aromatic nitrogens is 2. The average molecular weight is 441 g/mol. The second-order valence-corrected chi connectivity index (χ2v) is 8.58. The molecule has 1 heterocycles. The van der Waals surface area contributed by atoms with Gasteiger partial charge in [0.05, 0.1) is 24.8 Å². The zero-order valence-corrected chi connectivity index (χ0v) is 19.9. The van der Waals surface area contributed by atoms with Crippen molar-refractivity contribution in [3.63, 3.8) is 0 Å². The molecular weight excluding hydrogens is 408 g/mol. The smallest absolute Gasteiger partial charge is 0.133 e. The third-order valence-electron chi connectivity index (χ3n) is 5.81. The van der Waals surface area contributed by atoms with Crippen LogP contribution in [0.4, 0.5) is 0 Å². The maximum atomic E-state index is 6.22. The van der Waals surface area contributed by atoms with Crippen LogP contribution < -0.4 is 9.47 Å². The fourth-order valence-electron chi connectivity index (χ4n) is 4.07. The van der Waals surface area contributed by atoms with E-state index in [1.54, 1.807) is 7.11 Å². The zero-order valence-electron chi connectivity index (χ0n) is 19.9.